The molecule has 1 N–H and O–H groups in total. The van der Waals surface area contributed by atoms with Crippen molar-refractivity contribution in [2.75, 3.05) is 19.9 Å². The van der Waals surface area contributed by atoms with E-state index in [0.29, 0.717) is 30.0 Å². The number of hydrogen-bond acceptors (Lipinski definition) is 7. The molecule has 0 amide bonds. The van der Waals surface area contributed by atoms with Crippen LogP contribution in [-0.2, 0) is 19.8 Å². The normalized spacial score (nSPS) is 21.4. The fourth-order valence-electron chi connectivity index (χ4n) is 3.58. The Morgan fingerprint density at radius 1 is 1.38 bits per heavy atom. The lowest BCUT2D eigenvalue weighted by molar-refractivity contribution is -0.714. The number of esters is 1. The second-order valence-electron chi connectivity index (χ2n) is 8.98. The smallest absolute Gasteiger partial charge is 0.430 e. The van der Waals surface area contributed by atoms with Gasteiger partial charge in [-0.25, -0.2) is 4.79 Å². The van der Waals surface area contributed by atoms with Gasteiger partial charge in [0.25, 0.3) is 6.79 Å². The molecule has 0 spiro atoms. The lowest BCUT2D eigenvalue weighted by atomic mass is 9.85. The van der Waals surface area contributed by atoms with Gasteiger partial charge in [0.2, 0.25) is 11.4 Å². The van der Waals surface area contributed by atoms with Crippen LogP contribution in [0, 0.1) is 5.21 Å². The summed E-state index contributed by atoms with van der Waals surface area (Å²) in [5.41, 5.74) is -0.479. The number of aliphatic hydroxyl groups excluding tert-OH is 1. The van der Waals surface area contributed by atoms with Crippen molar-refractivity contribution in [3.8, 4) is 5.75 Å². The van der Waals surface area contributed by atoms with Crippen LogP contribution in [0.4, 0.5) is 13.2 Å². The Labute approximate surface area is 198 Å². The van der Waals surface area contributed by atoms with Crippen molar-refractivity contribution >= 4 is 23.6 Å². The number of piperidine rings is 1. The van der Waals surface area contributed by atoms with E-state index in [-0.39, 0.29) is 22.8 Å². The molecule has 34 heavy (non-hydrogen) atoms. The summed E-state index contributed by atoms with van der Waals surface area (Å²) >= 11 is 6.30. The first-order chi connectivity index (χ1) is 15.8. The van der Waals surface area contributed by atoms with Crippen LogP contribution in [0.25, 0.3) is 6.08 Å². The van der Waals surface area contributed by atoms with Crippen LogP contribution >= 0.6 is 11.6 Å². The first kappa shape index (κ1) is 25.9. The molecular formula is C21H25ClF3N3O6. The minimum Gasteiger partial charge on any atom is -0.569 e. The number of halogens is 4. The number of alkyl halides is 3. The summed E-state index contributed by atoms with van der Waals surface area (Å²) in [4.78, 5) is 17.1. The Bertz CT molecular complexity index is 993. The summed E-state index contributed by atoms with van der Waals surface area (Å²) in [5.74, 6) is -1.42. The second-order valence-corrected chi connectivity index (χ2v) is 9.39. The SMILES string of the molecule is CC(C)(C)c1cc2c(cc1Cl)C=C(C(=O)OCO/N=[N+](\[O-])N1CCCC(O)C1)[C@@H](C(F)(F)F)O2. The fraction of sp³-hybridized carbons (Fsp3) is 0.571. The van der Waals surface area contributed by atoms with Gasteiger partial charge in [0.15, 0.2) is 0 Å². The Morgan fingerprint density at radius 2 is 2.09 bits per heavy atom. The monoisotopic (exact) mass is 507 g/mol. The zero-order valence-electron chi connectivity index (χ0n) is 18.8. The van der Waals surface area contributed by atoms with E-state index < -0.39 is 42.1 Å². The summed E-state index contributed by atoms with van der Waals surface area (Å²) < 4.78 is 50.9. The Balaban J connectivity index is 1.74. The molecule has 2 aliphatic heterocycles. The minimum absolute atomic E-state index is 0.0481. The number of rotatable bonds is 5. The van der Waals surface area contributed by atoms with E-state index in [1.807, 2.05) is 20.8 Å². The quantitative estimate of drug-likeness (QED) is 0.160. The minimum atomic E-state index is -4.91. The van der Waals surface area contributed by atoms with E-state index in [2.05, 4.69) is 10.1 Å². The van der Waals surface area contributed by atoms with E-state index in [1.54, 1.807) is 0 Å². The zero-order chi connectivity index (χ0) is 25.3. The number of carbonyl (C=O) groups excluding carboxylic acids is 1. The molecule has 0 aromatic heterocycles. The maximum absolute atomic E-state index is 13.7. The molecule has 3 rings (SSSR count). The van der Waals surface area contributed by atoms with Crippen LogP contribution in [0.5, 0.6) is 5.75 Å². The van der Waals surface area contributed by atoms with Gasteiger partial charge in [-0.05, 0) is 42.0 Å². The van der Waals surface area contributed by atoms with Crippen molar-refractivity contribution in [1.29, 1.82) is 0 Å². The number of fused-ring (bicyclic) bond motifs is 1. The van der Waals surface area contributed by atoms with Crippen molar-refractivity contribution < 1.29 is 42.4 Å². The highest BCUT2D eigenvalue weighted by Gasteiger charge is 2.49. The van der Waals surface area contributed by atoms with Gasteiger partial charge in [0, 0.05) is 10.6 Å². The molecule has 0 bridgehead atoms. The molecule has 9 nitrogen and oxygen atoms in total. The molecule has 1 aromatic carbocycles. The van der Waals surface area contributed by atoms with Crippen molar-refractivity contribution in [3.63, 3.8) is 0 Å². The average Bonchev–Trinajstić information content (AvgIpc) is 2.73. The molecule has 0 saturated carbocycles. The molecular weight excluding hydrogens is 483 g/mol. The van der Waals surface area contributed by atoms with Crippen LogP contribution in [0.1, 0.15) is 44.7 Å². The van der Waals surface area contributed by atoms with Crippen LogP contribution < -0.4 is 4.74 Å². The molecule has 1 aromatic rings. The van der Waals surface area contributed by atoms with E-state index in [0.717, 1.165) is 6.08 Å². The maximum atomic E-state index is 13.7. The third-order valence-corrected chi connectivity index (χ3v) is 5.58. The first-order valence-electron chi connectivity index (χ1n) is 10.5. The van der Waals surface area contributed by atoms with Crippen LogP contribution in [0.15, 0.2) is 23.0 Å². The standard InChI is InChI=1S/C21H25ClF3N3O6/c1-20(2,3)15-9-17-12(8-16(15)22)7-14(18(34-17)21(23,24)25)19(30)32-11-33-26-28(31)27-6-4-5-13(29)10-27/h7-9,13,18,29H,4-6,10-11H2,1-3H3/b28-26-/t13?,18-/m0/s1. The predicted molar refractivity (Wildman–Crippen MR) is 114 cm³/mol. The van der Waals surface area contributed by atoms with Gasteiger partial charge in [0.1, 0.15) is 12.3 Å². The van der Waals surface area contributed by atoms with E-state index >= 15 is 0 Å². The fourth-order valence-corrected chi connectivity index (χ4v) is 4.04. The molecule has 2 aliphatic rings. The number of hydrazine groups is 1. The number of benzene rings is 1. The summed E-state index contributed by atoms with van der Waals surface area (Å²) in [6.07, 6.45) is -6.04. The number of hydrogen-bond donors (Lipinski definition) is 1. The Kier molecular flexibility index (Phi) is 7.51. The number of ether oxygens (including phenoxy) is 2. The number of β-amino-alcohol motifs (C(OH)–C–C–N with tert-alkyl or cyclic N) is 1. The Hall–Kier alpha value is -2.73. The number of nitrogens with zero attached hydrogens (tertiary/aromatic N) is 3. The molecule has 2 atom stereocenters. The Morgan fingerprint density at radius 3 is 2.71 bits per heavy atom. The molecule has 0 aliphatic carbocycles. The second kappa shape index (κ2) is 9.87. The summed E-state index contributed by atoms with van der Waals surface area (Å²) in [7, 11) is 0. The third kappa shape index (κ3) is 6.03. The summed E-state index contributed by atoms with van der Waals surface area (Å²) in [6.45, 7) is 5.03. The van der Waals surface area contributed by atoms with E-state index in [1.165, 1.54) is 17.1 Å². The third-order valence-electron chi connectivity index (χ3n) is 5.27. The highest BCUT2D eigenvalue weighted by Crippen LogP contribution is 2.42. The van der Waals surface area contributed by atoms with Crippen molar-refractivity contribution in [3.05, 3.63) is 39.1 Å². The molecule has 1 saturated heterocycles. The predicted octanol–water partition coefficient (Wildman–Crippen LogP) is 4.11. The highest BCUT2D eigenvalue weighted by molar-refractivity contribution is 6.31. The summed E-state index contributed by atoms with van der Waals surface area (Å²) in [6, 6.07) is 2.85. The number of aliphatic hydroxyl groups is 1. The molecule has 1 fully saturated rings. The molecule has 188 valence electrons. The van der Waals surface area contributed by atoms with Crippen molar-refractivity contribution in [1.82, 2.24) is 5.01 Å². The van der Waals surface area contributed by atoms with Gasteiger partial charge in [0.05, 0.1) is 23.2 Å². The first-order valence-corrected chi connectivity index (χ1v) is 10.8. The van der Waals surface area contributed by atoms with E-state index in [9.17, 15) is 28.3 Å². The topological polar surface area (TPSA) is 107 Å². The van der Waals surface area contributed by atoms with Crippen LogP contribution in [0.3, 0.4) is 0 Å². The number of carbonyl (C=O) groups is 1. The zero-order valence-corrected chi connectivity index (χ0v) is 19.5. The van der Waals surface area contributed by atoms with Gasteiger partial charge in [-0.15, -0.1) is 5.01 Å². The molecule has 0 radical (unpaired) electrons. The molecule has 13 heteroatoms. The van der Waals surface area contributed by atoms with Crippen LogP contribution in [0.2, 0.25) is 5.02 Å². The van der Waals surface area contributed by atoms with Crippen molar-refractivity contribution in [2.45, 2.75) is 57.4 Å². The summed E-state index contributed by atoms with van der Waals surface area (Å²) in [5, 5.41) is 26.1. The molecule has 1 unspecified atom stereocenters. The maximum Gasteiger partial charge on any atom is 0.430 e. The van der Waals surface area contributed by atoms with Crippen LogP contribution in [-0.4, -0.2) is 59.3 Å². The van der Waals surface area contributed by atoms with Gasteiger partial charge < -0.3 is 24.6 Å². The van der Waals surface area contributed by atoms with E-state index in [4.69, 9.17) is 21.1 Å². The average molecular weight is 508 g/mol. The van der Waals surface area contributed by atoms with Crippen molar-refractivity contribution in [2.24, 2.45) is 5.28 Å². The van der Waals surface area contributed by atoms with Gasteiger partial charge in [-0.1, -0.05) is 32.4 Å². The lowest BCUT2D eigenvalue weighted by Gasteiger charge is -2.30. The van der Waals surface area contributed by atoms with Gasteiger partial charge in [-0.3, -0.25) is 0 Å². The lowest BCUT2D eigenvalue weighted by Crippen LogP contribution is -2.42. The van der Waals surface area contributed by atoms with Gasteiger partial charge in [-0.2, -0.15) is 13.2 Å². The largest absolute Gasteiger partial charge is 0.569 e. The highest BCUT2D eigenvalue weighted by atomic mass is 35.5. The van der Waals surface area contributed by atoms with Gasteiger partial charge >= 0.3 is 12.1 Å². The molecule has 2 heterocycles.